The number of carbonyl (C=O) groups excluding carboxylic acids is 8. The summed E-state index contributed by atoms with van der Waals surface area (Å²) in [6.45, 7) is 2.93. The van der Waals surface area contributed by atoms with Gasteiger partial charge in [0.1, 0.15) is 60.6 Å². The summed E-state index contributed by atoms with van der Waals surface area (Å²) in [6.07, 6.45) is 4.59. The molecule has 26 nitrogen and oxygen atoms in total. The first-order valence-electron chi connectivity index (χ1n) is 35.7. The number of anilines is 3. The maximum Gasteiger partial charge on any atom is 1.00 e. The number of carboxylic acid groups (broad SMARTS) is 1. The topological polar surface area (TPSA) is 343 Å². The number of likely N-dealkylation sites (N-methyl/N-ethyl adjacent to an activating group) is 3. The number of hydrogen-bond donors (Lipinski definition) is 4. The van der Waals surface area contributed by atoms with Crippen molar-refractivity contribution in [1.82, 2.24) is 44.5 Å². The third-order valence-electron chi connectivity index (χ3n) is 18.6. The number of methoxy groups -OCH3 is 1. The number of pyridine rings is 3. The van der Waals surface area contributed by atoms with E-state index in [9.17, 15) is 56.6 Å². The first-order chi connectivity index (χ1) is 53.8. The van der Waals surface area contributed by atoms with E-state index in [2.05, 4.69) is 45.6 Å². The normalized spacial score (nSPS) is 11.7. The van der Waals surface area contributed by atoms with Crippen LogP contribution >= 0.6 is 75.3 Å². The Bertz CT molecular complexity index is 5030. The fourth-order valence-electron chi connectivity index (χ4n) is 12.2. The van der Waals surface area contributed by atoms with Gasteiger partial charge in [-0.05, 0) is 122 Å². The Labute approximate surface area is 740 Å². The number of carbonyl (C=O) groups is 8. The SMILES string of the molecule is CN(C(=O)CCc1cccc(F)c1Cl)[C@@H](CCC(=O)[O-])COC(=O)Nc1cc2ccccc2cn1.COC(=O)CC[C@@H](COC(=O)Nc1cc2ccccc2cn1)N(C)C(=O)CCc1cccc(F)c1Cl.Cc1nc2c([nH]1)CN(C(=O)CC[C@@H](COC(=O)Nc1cc3ccccc3cn1)N(C)Cc1cccc(F)c1Cl)CC2.S.S.S.[Li+].[Li+].[OH-]. The van der Waals surface area contributed by atoms with Gasteiger partial charge in [0.05, 0.1) is 52.2 Å². The molecule has 0 aliphatic carbocycles. The number of H-pyrrole nitrogens is 1. The van der Waals surface area contributed by atoms with Crippen molar-refractivity contribution < 1.29 is 119 Å². The van der Waals surface area contributed by atoms with Crippen molar-refractivity contribution in [3.05, 3.63) is 231 Å². The number of aromatic amines is 1. The largest absolute Gasteiger partial charge is 1.00 e. The van der Waals surface area contributed by atoms with Crippen LogP contribution in [0.5, 0.6) is 0 Å². The summed E-state index contributed by atoms with van der Waals surface area (Å²) < 4.78 is 62.2. The molecule has 6 aromatic carbocycles. The Hall–Kier alpha value is -9.26. The van der Waals surface area contributed by atoms with Gasteiger partial charge in [-0.25, -0.2) is 47.5 Å². The van der Waals surface area contributed by atoms with E-state index in [1.54, 1.807) is 68.1 Å². The van der Waals surface area contributed by atoms with Gasteiger partial charge in [0.25, 0.3) is 0 Å². The Balaban J connectivity index is 0.000000448. The van der Waals surface area contributed by atoms with Crippen molar-refractivity contribution in [2.24, 2.45) is 0 Å². The molecule has 0 saturated carbocycles. The quantitative estimate of drug-likeness (QED) is 0.0195. The Morgan fingerprint density at radius 1 is 0.525 bits per heavy atom. The summed E-state index contributed by atoms with van der Waals surface area (Å²) in [6, 6.07) is 39.8. The van der Waals surface area contributed by atoms with Crippen molar-refractivity contribution in [2.45, 2.75) is 109 Å². The molecule has 1 aliphatic rings. The molecule has 6 amide bonds. The number of amides is 6. The van der Waals surface area contributed by atoms with Crippen LogP contribution in [0.25, 0.3) is 32.3 Å². The average molecular weight is 1730 g/mol. The van der Waals surface area contributed by atoms with E-state index in [1.807, 2.05) is 96.6 Å². The first-order valence-corrected chi connectivity index (χ1v) is 36.9. The molecule has 118 heavy (non-hydrogen) atoms. The minimum Gasteiger partial charge on any atom is -0.870 e. The van der Waals surface area contributed by atoms with Crippen LogP contribution in [0.4, 0.5) is 45.0 Å². The van der Waals surface area contributed by atoms with Crippen molar-refractivity contribution in [1.29, 1.82) is 0 Å². The van der Waals surface area contributed by atoms with Crippen LogP contribution in [-0.2, 0) is 75.3 Å². The molecule has 5 heterocycles. The van der Waals surface area contributed by atoms with Gasteiger partial charge < -0.3 is 54.0 Å². The molecule has 3 atom stereocenters. The number of esters is 1. The molecule has 11 rings (SSSR count). The average Bonchev–Trinajstić information content (AvgIpc) is 1.70. The minimum atomic E-state index is -1.28. The number of ether oxygens (including phenoxy) is 4. The zero-order valence-corrected chi connectivity index (χ0v) is 71.2. The Kier molecular flexibility index (Phi) is 44.7. The van der Waals surface area contributed by atoms with Crippen molar-refractivity contribution in [3.63, 3.8) is 0 Å². The van der Waals surface area contributed by atoms with Crippen molar-refractivity contribution in [2.75, 3.05) is 70.6 Å². The van der Waals surface area contributed by atoms with Gasteiger partial charge in [0.2, 0.25) is 17.7 Å². The van der Waals surface area contributed by atoms with Gasteiger partial charge in [-0.2, -0.15) is 40.5 Å². The van der Waals surface area contributed by atoms with E-state index in [-0.39, 0.29) is 206 Å². The molecule has 0 radical (unpaired) electrons. The second-order valence-corrected chi connectivity index (χ2v) is 27.5. The van der Waals surface area contributed by atoms with Crippen LogP contribution in [0.2, 0.25) is 15.1 Å². The molecule has 5 N–H and O–H groups in total. The van der Waals surface area contributed by atoms with E-state index in [0.29, 0.717) is 60.8 Å². The molecule has 0 fully saturated rings. The maximum absolute atomic E-state index is 14.1. The summed E-state index contributed by atoms with van der Waals surface area (Å²) in [5, 5.41) is 24.3. The molecule has 620 valence electrons. The molecule has 37 heteroatoms. The second-order valence-electron chi connectivity index (χ2n) is 26.3. The monoisotopic (exact) mass is 1730 g/mol. The second kappa shape index (κ2) is 51.3. The number of benzene rings is 6. The number of aromatic nitrogens is 5. The summed E-state index contributed by atoms with van der Waals surface area (Å²) in [5.41, 5.74) is 3.59. The van der Waals surface area contributed by atoms with Crippen molar-refractivity contribution in [3.8, 4) is 0 Å². The zero-order valence-electron chi connectivity index (χ0n) is 65.9. The maximum atomic E-state index is 14.1. The van der Waals surface area contributed by atoms with E-state index >= 15 is 0 Å². The van der Waals surface area contributed by atoms with Crippen LogP contribution < -0.4 is 58.8 Å². The number of aliphatic carboxylic acids is 1. The molecule has 0 spiro atoms. The molecule has 4 aromatic heterocycles. The van der Waals surface area contributed by atoms with Crippen LogP contribution in [0.3, 0.4) is 0 Å². The molecular formula is C81H90Cl3F3Li2N12O14S3. The summed E-state index contributed by atoms with van der Waals surface area (Å²) >= 11 is 18.1. The Morgan fingerprint density at radius 2 is 0.898 bits per heavy atom. The molecule has 0 unspecified atom stereocenters. The van der Waals surface area contributed by atoms with Crippen LogP contribution in [-0.4, -0.2) is 171 Å². The van der Waals surface area contributed by atoms with Gasteiger partial charge >= 0.3 is 62.0 Å². The number of aryl methyl sites for hydroxylation is 3. The Morgan fingerprint density at radius 3 is 1.31 bits per heavy atom. The molecule has 0 saturated heterocycles. The fourth-order valence-corrected chi connectivity index (χ4v) is 12.8. The minimum absolute atomic E-state index is 0. The summed E-state index contributed by atoms with van der Waals surface area (Å²) in [4.78, 5) is 126. The number of imidazole rings is 1. The summed E-state index contributed by atoms with van der Waals surface area (Å²) in [7, 11) is 6.16. The number of carboxylic acids is 1. The van der Waals surface area contributed by atoms with E-state index in [0.717, 1.165) is 49.5 Å². The number of fused-ring (bicyclic) bond motifs is 4. The molecule has 1 aliphatic heterocycles. The summed E-state index contributed by atoms with van der Waals surface area (Å²) in [5.74, 6) is -2.13. The third-order valence-corrected chi connectivity index (χ3v) is 19.9. The van der Waals surface area contributed by atoms with Crippen molar-refractivity contribution >= 4 is 173 Å². The fraction of sp³-hybridized carbons (Fsp3) is 0.309. The van der Waals surface area contributed by atoms with E-state index in [1.165, 1.54) is 54.3 Å². The van der Waals surface area contributed by atoms with Gasteiger partial charge in [-0.15, -0.1) is 0 Å². The predicted molar refractivity (Wildman–Crippen MR) is 450 cm³/mol. The zero-order chi connectivity index (χ0) is 80.4. The van der Waals surface area contributed by atoms with Gasteiger partial charge in [0, 0.05) is 106 Å². The first kappa shape index (κ1) is 103. The van der Waals surface area contributed by atoms with E-state index in [4.69, 9.17) is 49.0 Å². The van der Waals surface area contributed by atoms with Gasteiger partial charge in [-0.3, -0.25) is 40.0 Å². The number of nitrogens with zero attached hydrogens (tertiary/aromatic N) is 8. The number of hydrogen-bond acceptors (Lipinski definition) is 19. The number of nitrogens with one attached hydrogen (secondary N) is 4. The standard InChI is InChI=1S/C30H32ClFN6O3.C26H27ClFN3O5.C25H25ClFN3O5.2Li.H2O.3H2S/c1-19-34-25-12-13-38(17-26(25)35-19)28(39)11-10-23(37(2)16-22-8-5-9-24(32)29(22)31)18-41-30(40)36-27-14-20-6-3-4-7-21(20)15-33-27;1-31(23(32)12-10-17-8-5-9-21(28)25(17)27)20(11-13-24(33)35-2)16-36-26(34)30-22-14-18-6-3-4-7-19(18)15-29-22;1-30(22(31)11-9-16-7-4-8-20(27)24(16)26)19(10-12-23(32)33)15-35-25(34)29-21-13-17-5-2-3-6-18(17)14-28-21;;;;;;/h3-9,14-15,23H,10-13,16-18H2,1-2H3,(H,34,35)(H,33,36,40);3-9,14-15,20H,10-13,16H2,1-2H3,(H,29,30,34);2-8,13-14,19H,9-12,15H2,1H3,(H,32,33)(H,28,29,34);;;4*1H2/q;;;2*+1;;;;/p-2/t23-;20-;19-;;;;;;/m000....../s1. The smallest absolute Gasteiger partial charge is 0.870 e. The molecular weight excluding hydrogens is 1640 g/mol. The predicted octanol–water partition coefficient (Wildman–Crippen LogP) is 8.20. The third kappa shape index (κ3) is 31.2. The number of halogens is 6. The van der Waals surface area contributed by atoms with Crippen LogP contribution in [0.15, 0.2) is 164 Å². The number of rotatable bonds is 29. The van der Waals surface area contributed by atoms with Crippen LogP contribution in [0.1, 0.15) is 85.3 Å². The van der Waals surface area contributed by atoms with E-state index < -0.39 is 59.8 Å². The van der Waals surface area contributed by atoms with Crippen LogP contribution in [0, 0.1) is 24.4 Å². The molecule has 0 bridgehead atoms. The van der Waals surface area contributed by atoms with Gasteiger partial charge in [0.15, 0.2) is 0 Å². The van der Waals surface area contributed by atoms with Gasteiger partial charge in [-0.1, -0.05) is 144 Å². The molecule has 10 aromatic rings.